The van der Waals surface area contributed by atoms with Crippen molar-refractivity contribution >= 4 is 40.2 Å². The van der Waals surface area contributed by atoms with Gasteiger partial charge in [0.15, 0.2) is 5.78 Å². The highest BCUT2D eigenvalue weighted by Crippen LogP contribution is 2.36. The molecule has 1 N–H and O–H groups in total. The van der Waals surface area contributed by atoms with E-state index < -0.39 is 0 Å². The molecule has 0 bridgehead atoms. The van der Waals surface area contributed by atoms with Crippen molar-refractivity contribution in [3.05, 3.63) is 32.4 Å². The number of amides is 2. The van der Waals surface area contributed by atoms with E-state index in [1.165, 1.54) is 0 Å². The average molecular weight is 397 g/mol. The molecule has 0 radical (unpaired) electrons. The zero-order chi connectivity index (χ0) is 15.1. The van der Waals surface area contributed by atoms with Crippen molar-refractivity contribution in [1.29, 1.82) is 0 Å². The maximum Gasteiger partial charge on any atom is 0.230 e. The normalized spacial score (nSPS) is 25.5. The van der Waals surface area contributed by atoms with Gasteiger partial charge in [0, 0.05) is 27.4 Å². The molecule has 110 valence electrons. The molecule has 1 aromatic rings. The number of imide groups is 1. The number of hydrogen-bond donors (Lipinski definition) is 1. The number of fused-ring (bicyclic) bond motifs is 1. The smallest absolute Gasteiger partial charge is 0.230 e. The lowest BCUT2D eigenvalue weighted by Gasteiger charge is -2.32. The zero-order valence-corrected chi connectivity index (χ0v) is 13.9. The molecule has 21 heavy (non-hydrogen) atoms. The Morgan fingerprint density at radius 2 is 1.81 bits per heavy atom. The van der Waals surface area contributed by atoms with Gasteiger partial charge in [-0.3, -0.25) is 19.7 Å². The number of aryl methyl sites for hydroxylation is 1. The molecular formula is C16H16INO3. The van der Waals surface area contributed by atoms with Crippen LogP contribution in [-0.2, 0) is 16.0 Å². The number of nitrogens with one attached hydrogen (secondary N) is 1. The minimum Gasteiger partial charge on any atom is -0.296 e. The third-order valence-electron chi connectivity index (χ3n) is 4.55. The number of carbonyl (C=O) groups excluding carboxylic acids is 3. The Kier molecular flexibility index (Phi) is 3.86. The van der Waals surface area contributed by atoms with Crippen LogP contribution in [0.3, 0.4) is 0 Å². The van der Waals surface area contributed by atoms with Crippen LogP contribution in [0, 0.1) is 22.3 Å². The van der Waals surface area contributed by atoms with Crippen molar-refractivity contribution < 1.29 is 14.4 Å². The lowest BCUT2D eigenvalue weighted by atomic mass is 9.72. The first-order valence-corrected chi connectivity index (χ1v) is 8.23. The summed E-state index contributed by atoms with van der Waals surface area (Å²) < 4.78 is 0.954. The van der Waals surface area contributed by atoms with Gasteiger partial charge in [0.2, 0.25) is 11.8 Å². The van der Waals surface area contributed by atoms with E-state index in [1.54, 1.807) is 0 Å². The molecule has 1 aliphatic carbocycles. The van der Waals surface area contributed by atoms with Gasteiger partial charge in [-0.05, 0) is 66.0 Å². The molecule has 2 amide bonds. The minimum atomic E-state index is -0.361. The number of piperidine rings is 1. The van der Waals surface area contributed by atoms with Crippen molar-refractivity contribution in [2.75, 3.05) is 0 Å². The van der Waals surface area contributed by atoms with Crippen molar-refractivity contribution in [1.82, 2.24) is 5.32 Å². The first-order chi connectivity index (χ1) is 9.99. The summed E-state index contributed by atoms with van der Waals surface area (Å²) in [5.74, 6) is -1.10. The predicted octanol–water partition coefficient (Wildman–Crippen LogP) is 2.40. The summed E-state index contributed by atoms with van der Waals surface area (Å²) in [5, 5.41) is 2.37. The van der Waals surface area contributed by atoms with Crippen LogP contribution in [0.5, 0.6) is 0 Å². The molecule has 2 unspecified atom stereocenters. The highest BCUT2D eigenvalue weighted by molar-refractivity contribution is 14.1. The number of ketones is 1. The van der Waals surface area contributed by atoms with Crippen molar-refractivity contribution in [3.8, 4) is 0 Å². The van der Waals surface area contributed by atoms with Crippen molar-refractivity contribution in [3.63, 3.8) is 0 Å². The van der Waals surface area contributed by atoms with E-state index in [1.807, 2.05) is 19.1 Å². The number of Topliss-reactive ketones (excluding diaryl/α,β-unsaturated/α-hetero) is 1. The molecule has 2 atom stereocenters. The highest BCUT2D eigenvalue weighted by Gasteiger charge is 2.40. The summed E-state index contributed by atoms with van der Waals surface area (Å²) in [7, 11) is 0. The molecule has 4 nitrogen and oxygen atoms in total. The molecule has 1 saturated heterocycles. The molecular weight excluding hydrogens is 381 g/mol. The van der Waals surface area contributed by atoms with Gasteiger partial charge < -0.3 is 0 Å². The van der Waals surface area contributed by atoms with Gasteiger partial charge >= 0.3 is 0 Å². The number of hydrogen-bond acceptors (Lipinski definition) is 3. The van der Waals surface area contributed by atoms with Crippen LogP contribution in [0.15, 0.2) is 12.1 Å². The lowest BCUT2D eigenvalue weighted by Crippen LogP contribution is -2.46. The largest absolute Gasteiger partial charge is 0.296 e. The Bertz CT molecular complexity index is 653. The third kappa shape index (κ3) is 2.52. The van der Waals surface area contributed by atoms with Gasteiger partial charge in [-0.1, -0.05) is 6.07 Å². The monoisotopic (exact) mass is 397 g/mol. The van der Waals surface area contributed by atoms with Crippen LogP contribution in [-0.4, -0.2) is 17.6 Å². The van der Waals surface area contributed by atoms with E-state index in [4.69, 9.17) is 0 Å². The van der Waals surface area contributed by atoms with Gasteiger partial charge in [0.1, 0.15) is 0 Å². The first kappa shape index (κ1) is 14.7. The van der Waals surface area contributed by atoms with Gasteiger partial charge in [-0.25, -0.2) is 0 Å². The highest BCUT2D eigenvalue weighted by atomic mass is 127. The van der Waals surface area contributed by atoms with Gasteiger partial charge in [-0.15, -0.1) is 0 Å². The fourth-order valence-corrected chi connectivity index (χ4v) is 4.18. The lowest BCUT2D eigenvalue weighted by molar-refractivity contribution is -0.137. The Hall–Kier alpha value is -1.24. The molecule has 2 aliphatic rings. The standard InChI is InChI=1S/C16H16INO3/c1-8-2-6-12(17)14-9(8)3-4-10(15(14)20)11-5-7-13(19)18-16(11)21/h2,6,10-11H,3-5,7H2,1H3,(H,18,19,21). The van der Waals surface area contributed by atoms with Crippen LogP contribution in [0.2, 0.25) is 0 Å². The fraction of sp³-hybridized carbons (Fsp3) is 0.438. The van der Waals surface area contributed by atoms with Crippen LogP contribution < -0.4 is 5.32 Å². The molecule has 1 aliphatic heterocycles. The Morgan fingerprint density at radius 3 is 2.52 bits per heavy atom. The van der Waals surface area contributed by atoms with E-state index >= 15 is 0 Å². The molecule has 0 aromatic heterocycles. The summed E-state index contributed by atoms with van der Waals surface area (Å²) >= 11 is 2.19. The summed E-state index contributed by atoms with van der Waals surface area (Å²) in [6.45, 7) is 2.02. The summed E-state index contributed by atoms with van der Waals surface area (Å²) in [5.41, 5.74) is 3.05. The molecule has 5 heteroatoms. The maximum absolute atomic E-state index is 12.8. The second-order valence-corrected chi connectivity index (χ2v) is 6.95. The topological polar surface area (TPSA) is 63.2 Å². The Labute approximate surface area is 136 Å². The van der Waals surface area contributed by atoms with E-state index in [-0.39, 0.29) is 29.4 Å². The van der Waals surface area contributed by atoms with Crippen LogP contribution in [0.1, 0.15) is 40.7 Å². The summed E-state index contributed by atoms with van der Waals surface area (Å²) in [6, 6.07) is 4.00. The number of rotatable bonds is 1. The van der Waals surface area contributed by atoms with Gasteiger partial charge in [-0.2, -0.15) is 0 Å². The number of carbonyl (C=O) groups is 3. The second-order valence-electron chi connectivity index (χ2n) is 5.78. The second kappa shape index (κ2) is 5.51. The van der Waals surface area contributed by atoms with E-state index in [0.29, 0.717) is 19.3 Å². The van der Waals surface area contributed by atoms with Crippen molar-refractivity contribution in [2.24, 2.45) is 11.8 Å². The molecule has 0 saturated carbocycles. The fourth-order valence-electron chi connectivity index (χ4n) is 3.41. The minimum absolute atomic E-state index is 0.0684. The van der Waals surface area contributed by atoms with Gasteiger partial charge in [0.25, 0.3) is 0 Å². The van der Waals surface area contributed by atoms with Crippen LogP contribution >= 0.6 is 22.6 Å². The molecule has 3 rings (SSSR count). The SMILES string of the molecule is Cc1ccc(I)c2c1CCC(C1CCC(=O)NC1=O)C2=O. The summed E-state index contributed by atoms with van der Waals surface area (Å²) in [4.78, 5) is 36.1. The van der Waals surface area contributed by atoms with Crippen molar-refractivity contribution in [2.45, 2.75) is 32.6 Å². The van der Waals surface area contributed by atoms with E-state index in [0.717, 1.165) is 26.7 Å². The Balaban J connectivity index is 1.94. The maximum atomic E-state index is 12.8. The molecule has 1 fully saturated rings. The molecule has 0 spiro atoms. The number of halogens is 1. The quantitative estimate of drug-likeness (QED) is 0.585. The first-order valence-electron chi connectivity index (χ1n) is 7.15. The average Bonchev–Trinajstić information content (AvgIpc) is 2.44. The van der Waals surface area contributed by atoms with Crippen LogP contribution in [0.25, 0.3) is 0 Å². The van der Waals surface area contributed by atoms with Crippen LogP contribution in [0.4, 0.5) is 0 Å². The molecule has 1 heterocycles. The summed E-state index contributed by atoms with van der Waals surface area (Å²) in [6.07, 6.45) is 2.34. The van der Waals surface area contributed by atoms with E-state index in [9.17, 15) is 14.4 Å². The van der Waals surface area contributed by atoms with E-state index in [2.05, 4.69) is 27.9 Å². The molecule has 1 aromatic carbocycles. The third-order valence-corrected chi connectivity index (χ3v) is 5.45. The number of benzene rings is 1. The zero-order valence-electron chi connectivity index (χ0n) is 11.7. The Morgan fingerprint density at radius 1 is 1.10 bits per heavy atom. The van der Waals surface area contributed by atoms with Gasteiger partial charge in [0.05, 0.1) is 0 Å². The predicted molar refractivity (Wildman–Crippen MR) is 85.9 cm³/mol.